The van der Waals surface area contributed by atoms with Crippen molar-refractivity contribution in [3.05, 3.63) is 51.1 Å². The Morgan fingerprint density at radius 3 is 2.65 bits per heavy atom. The van der Waals surface area contributed by atoms with Crippen LogP contribution in [0.5, 0.6) is 11.5 Å². The van der Waals surface area contributed by atoms with Gasteiger partial charge in [-0.3, -0.25) is 9.59 Å². The highest BCUT2D eigenvalue weighted by atomic mass is 127. The van der Waals surface area contributed by atoms with Crippen molar-refractivity contribution in [3.8, 4) is 11.5 Å². The molecule has 3 rings (SSSR count). The van der Waals surface area contributed by atoms with Gasteiger partial charge >= 0.3 is 16.1 Å². The number of hydrogen-bond donors (Lipinski definition) is 2. The molecule has 0 aromatic heterocycles. The number of amides is 1. The fourth-order valence-corrected chi connectivity index (χ4v) is 5.52. The molecule has 1 unspecified atom stereocenters. The lowest BCUT2D eigenvalue weighted by Crippen LogP contribution is -2.26. The van der Waals surface area contributed by atoms with Crippen molar-refractivity contribution in [2.24, 2.45) is 10.2 Å². The van der Waals surface area contributed by atoms with Crippen LogP contribution >= 0.6 is 34.4 Å². The van der Waals surface area contributed by atoms with Crippen LogP contribution in [-0.4, -0.2) is 48.6 Å². The highest BCUT2D eigenvalue weighted by Gasteiger charge is 2.32. The van der Waals surface area contributed by atoms with Crippen LogP contribution in [0, 0.1) is 10.5 Å². The molecular formula is C21H20IN3O7S2. The van der Waals surface area contributed by atoms with Crippen molar-refractivity contribution in [3.63, 3.8) is 0 Å². The van der Waals surface area contributed by atoms with E-state index in [1.54, 1.807) is 31.2 Å². The number of carbonyl (C=O) groups excluding carboxylic acids is 1. The minimum absolute atomic E-state index is 0.0233. The molecule has 1 amide bonds. The molecule has 0 aliphatic carbocycles. The second-order valence-electron chi connectivity index (χ2n) is 6.96. The summed E-state index contributed by atoms with van der Waals surface area (Å²) in [6.07, 6.45) is 1.08. The summed E-state index contributed by atoms with van der Waals surface area (Å²) in [5, 5.41) is 18.6. The van der Waals surface area contributed by atoms with Gasteiger partial charge in [-0.1, -0.05) is 29.5 Å². The highest BCUT2D eigenvalue weighted by Crippen LogP contribution is 2.36. The first-order valence-electron chi connectivity index (χ1n) is 9.87. The molecule has 13 heteroatoms. The topological polar surface area (TPSA) is 144 Å². The van der Waals surface area contributed by atoms with Gasteiger partial charge in [0, 0.05) is 0 Å². The Labute approximate surface area is 214 Å². The maximum absolute atomic E-state index is 12.7. The number of nitrogens with zero attached hydrogens (tertiary/aromatic N) is 2. The predicted octanol–water partition coefficient (Wildman–Crippen LogP) is 3.16. The molecular weight excluding hydrogens is 597 g/mol. The molecule has 1 aliphatic heterocycles. The maximum atomic E-state index is 12.7. The molecule has 0 saturated carbocycles. The number of carbonyl (C=O) groups is 2. The van der Waals surface area contributed by atoms with E-state index >= 15 is 0 Å². The SMILES string of the molecule is CCOc1cc(/C=N/N=C2\NC(=O)C(CC(=O)O)S2)cc(I)c1OS(=O)(=O)c1ccc(C)cc1. The first-order valence-corrected chi connectivity index (χ1v) is 13.2. The van der Waals surface area contributed by atoms with Crippen LogP contribution < -0.4 is 14.2 Å². The van der Waals surface area contributed by atoms with Crippen LogP contribution in [0.1, 0.15) is 24.5 Å². The number of halogens is 1. The van der Waals surface area contributed by atoms with E-state index in [2.05, 4.69) is 15.5 Å². The largest absolute Gasteiger partial charge is 0.490 e. The Hall–Kier alpha value is -2.65. The molecule has 1 fully saturated rings. The third kappa shape index (κ3) is 6.70. The summed E-state index contributed by atoms with van der Waals surface area (Å²) < 4.78 is 37.0. The Morgan fingerprint density at radius 2 is 2.00 bits per heavy atom. The summed E-state index contributed by atoms with van der Waals surface area (Å²) in [7, 11) is -4.08. The normalized spacial score (nSPS) is 17.2. The van der Waals surface area contributed by atoms with Crippen molar-refractivity contribution in [1.29, 1.82) is 0 Å². The third-order valence-electron chi connectivity index (χ3n) is 4.33. The van der Waals surface area contributed by atoms with Crippen LogP contribution in [0.25, 0.3) is 0 Å². The molecule has 10 nitrogen and oxygen atoms in total. The fourth-order valence-electron chi connectivity index (χ4n) is 2.76. The van der Waals surface area contributed by atoms with E-state index in [9.17, 15) is 18.0 Å². The quantitative estimate of drug-likeness (QED) is 0.189. The number of carboxylic acid groups (broad SMARTS) is 1. The van der Waals surface area contributed by atoms with Gasteiger partial charge in [-0.15, -0.1) is 5.10 Å². The fraction of sp³-hybridized carbons (Fsp3) is 0.238. The molecule has 1 heterocycles. The Balaban J connectivity index is 1.81. The number of carboxylic acids is 1. The minimum Gasteiger partial charge on any atom is -0.490 e. The number of aliphatic carboxylic acids is 1. The van der Waals surface area contributed by atoms with E-state index < -0.39 is 27.2 Å². The summed E-state index contributed by atoms with van der Waals surface area (Å²) in [6.45, 7) is 3.88. The van der Waals surface area contributed by atoms with Crippen LogP contribution in [0.3, 0.4) is 0 Å². The highest BCUT2D eigenvalue weighted by molar-refractivity contribution is 14.1. The van der Waals surface area contributed by atoms with Crippen LogP contribution in [-0.2, 0) is 19.7 Å². The Bertz CT molecular complexity index is 1260. The molecule has 34 heavy (non-hydrogen) atoms. The first kappa shape index (κ1) is 26.0. The average Bonchev–Trinajstić information content (AvgIpc) is 3.09. The van der Waals surface area contributed by atoms with Gasteiger partial charge in [-0.2, -0.15) is 13.5 Å². The predicted molar refractivity (Wildman–Crippen MR) is 136 cm³/mol. The molecule has 2 N–H and O–H groups in total. The summed E-state index contributed by atoms with van der Waals surface area (Å²) in [5.74, 6) is -1.25. The smallest absolute Gasteiger partial charge is 0.339 e. The standard InChI is InChI=1S/C21H20IN3O7S2/c1-3-31-16-9-13(11-23-25-21-24-20(28)17(33-21)10-18(26)27)8-15(22)19(16)32-34(29,30)14-6-4-12(2)5-7-14/h4-9,11,17H,3,10H2,1-2H3,(H,26,27)(H,24,25,28)/b23-11+. The first-order chi connectivity index (χ1) is 16.1. The molecule has 0 bridgehead atoms. The number of amidine groups is 1. The zero-order valence-electron chi connectivity index (χ0n) is 18.0. The molecule has 0 radical (unpaired) electrons. The van der Waals surface area contributed by atoms with E-state index in [1.807, 2.05) is 29.5 Å². The van der Waals surface area contributed by atoms with Crippen molar-refractivity contribution in [2.45, 2.75) is 30.4 Å². The monoisotopic (exact) mass is 617 g/mol. The number of thioether (sulfide) groups is 1. The minimum atomic E-state index is -4.08. The van der Waals surface area contributed by atoms with E-state index in [0.717, 1.165) is 17.3 Å². The molecule has 180 valence electrons. The van der Waals surface area contributed by atoms with Gasteiger partial charge in [0.1, 0.15) is 10.1 Å². The second-order valence-corrected chi connectivity index (χ2v) is 10.9. The van der Waals surface area contributed by atoms with Crippen LogP contribution in [0.15, 0.2) is 51.5 Å². The van der Waals surface area contributed by atoms with Crippen molar-refractivity contribution in [1.82, 2.24) is 5.32 Å². The van der Waals surface area contributed by atoms with Crippen molar-refractivity contribution < 1.29 is 32.0 Å². The Kier molecular flexibility index (Phi) is 8.54. The van der Waals surface area contributed by atoms with Gasteiger partial charge < -0.3 is 19.3 Å². The molecule has 2 aromatic rings. The molecule has 1 saturated heterocycles. The van der Waals surface area contributed by atoms with E-state index in [4.69, 9.17) is 14.0 Å². The van der Waals surface area contributed by atoms with Crippen molar-refractivity contribution in [2.75, 3.05) is 6.61 Å². The zero-order valence-corrected chi connectivity index (χ0v) is 21.8. The van der Waals surface area contributed by atoms with Crippen LogP contribution in [0.2, 0.25) is 0 Å². The molecule has 2 aromatic carbocycles. The third-order valence-corrected chi connectivity index (χ3v) is 7.44. The van der Waals surface area contributed by atoms with Gasteiger partial charge in [0.2, 0.25) is 5.91 Å². The number of nitrogens with one attached hydrogen (secondary N) is 1. The lowest BCUT2D eigenvalue weighted by Gasteiger charge is -2.14. The van der Waals surface area contributed by atoms with Crippen molar-refractivity contribution >= 4 is 67.7 Å². The number of ether oxygens (including phenoxy) is 1. The number of rotatable bonds is 9. The van der Waals surface area contributed by atoms with Gasteiger partial charge in [-0.25, -0.2) is 0 Å². The summed E-state index contributed by atoms with van der Waals surface area (Å²) >= 11 is 2.92. The summed E-state index contributed by atoms with van der Waals surface area (Å²) in [6, 6.07) is 9.50. The van der Waals surface area contributed by atoms with Gasteiger partial charge in [0.05, 0.1) is 22.8 Å². The second kappa shape index (κ2) is 11.2. The molecule has 0 spiro atoms. The van der Waals surface area contributed by atoms with Gasteiger partial charge in [0.15, 0.2) is 16.7 Å². The molecule has 1 atom stereocenters. The lowest BCUT2D eigenvalue weighted by atomic mass is 10.2. The Morgan fingerprint density at radius 1 is 1.29 bits per heavy atom. The summed E-state index contributed by atoms with van der Waals surface area (Å²) in [4.78, 5) is 22.6. The van der Waals surface area contributed by atoms with E-state index in [1.165, 1.54) is 18.3 Å². The lowest BCUT2D eigenvalue weighted by molar-refractivity contribution is -0.138. The maximum Gasteiger partial charge on any atom is 0.339 e. The average molecular weight is 617 g/mol. The van der Waals surface area contributed by atoms with Gasteiger partial charge in [0.25, 0.3) is 0 Å². The van der Waals surface area contributed by atoms with Gasteiger partial charge in [-0.05, 0) is 66.3 Å². The zero-order chi connectivity index (χ0) is 24.9. The number of aryl methyl sites for hydroxylation is 1. The molecule has 1 aliphatic rings. The van der Waals surface area contributed by atoms with E-state index in [0.29, 0.717) is 9.13 Å². The van der Waals surface area contributed by atoms with E-state index in [-0.39, 0.29) is 34.6 Å². The van der Waals surface area contributed by atoms with Crippen LogP contribution in [0.4, 0.5) is 0 Å². The summed E-state index contributed by atoms with van der Waals surface area (Å²) in [5.41, 5.74) is 1.47. The number of benzene rings is 2. The number of hydrogen-bond acceptors (Lipinski definition) is 9.